The van der Waals surface area contributed by atoms with Crippen molar-refractivity contribution in [2.45, 2.75) is 104 Å². The molecule has 4 aliphatic rings. The first-order valence-corrected chi connectivity index (χ1v) is 15.7. The molecule has 0 saturated heterocycles. The molecule has 8 atom stereocenters. The Labute approximate surface area is 254 Å². The molecule has 0 heterocycles. The average Bonchev–Trinajstić information content (AvgIpc) is 3.17. The average molecular weight is 604 g/mol. The van der Waals surface area contributed by atoms with Crippen LogP contribution in [0, 0.1) is 34.5 Å². The van der Waals surface area contributed by atoms with Crippen molar-refractivity contribution in [2.24, 2.45) is 34.5 Å². The van der Waals surface area contributed by atoms with Crippen molar-refractivity contribution in [3.63, 3.8) is 0 Å². The summed E-state index contributed by atoms with van der Waals surface area (Å²) in [5, 5.41) is 26.1. The van der Waals surface area contributed by atoms with E-state index in [4.69, 9.17) is 14.2 Å². The molecule has 3 N–H and O–H groups in total. The quantitative estimate of drug-likeness (QED) is 0.253. The van der Waals surface area contributed by atoms with Crippen molar-refractivity contribution >= 4 is 23.8 Å². The van der Waals surface area contributed by atoms with Gasteiger partial charge < -0.3 is 29.7 Å². The molecule has 10 nitrogen and oxygen atoms in total. The third-order valence-electron chi connectivity index (χ3n) is 10.5. The first-order valence-electron chi connectivity index (χ1n) is 15.7. The second kappa shape index (κ2) is 12.3. The summed E-state index contributed by atoms with van der Waals surface area (Å²) < 4.78 is 15.4. The Bertz CT molecular complexity index is 1170. The molecule has 0 aromatic heterocycles. The largest absolute Gasteiger partial charge is 0.508 e. The number of nitrogens with one attached hydrogen (secondary N) is 1. The maximum Gasteiger partial charge on any atom is 0.508 e. The van der Waals surface area contributed by atoms with Gasteiger partial charge in [0.25, 0.3) is 0 Å². The molecule has 10 heteroatoms. The third-order valence-corrected chi connectivity index (χ3v) is 10.5. The number of amides is 1. The van der Waals surface area contributed by atoms with Gasteiger partial charge in [0.05, 0.1) is 12.7 Å². The number of carbonyl (C=O) groups is 4. The number of aliphatic hydroxyl groups is 2. The maximum absolute atomic E-state index is 13.4. The zero-order valence-corrected chi connectivity index (χ0v) is 26.4. The van der Waals surface area contributed by atoms with Gasteiger partial charge in [0, 0.05) is 23.3 Å². The Balaban J connectivity index is 1.27. The van der Waals surface area contributed by atoms with Gasteiger partial charge in [-0.3, -0.25) is 9.59 Å². The number of carbonyl (C=O) groups excluding carboxylic acids is 4. The zero-order valence-electron chi connectivity index (χ0n) is 26.4. The first-order chi connectivity index (χ1) is 20.0. The lowest BCUT2D eigenvalue weighted by Crippen LogP contribution is -2.62. The minimum absolute atomic E-state index is 0.00142. The number of ketones is 2. The van der Waals surface area contributed by atoms with Crippen molar-refractivity contribution in [3.05, 3.63) is 23.8 Å². The van der Waals surface area contributed by atoms with E-state index in [1.165, 1.54) is 0 Å². The van der Waals surface area contributed by atoms with Gasteiger partial charge in [0.15, 0.2) is 12.4 Å². The molecule has 0 aromatic rings. The first kappa shape index (κ1) is 33.2. The minimum atomic E-state index is -1.73. The predicted octanol–water partition coefficient (Wildman–Crippen LogP) is 4.66. The highest BCUT2D eigenvalue weighted by Crippen LogP contribution is 2.67. The van der Waals surface area contributed by atoms with Crippen LogP contribution in [0.2, 0.25) is 0 Å². The van der Waals surface area contributed by atoms with Crippen molar-refractivity contribution in [2.75, 3.05) is 19.8 Å². The van der Waals surface area contributed by atoms with Crippen LogP contribution < -0.4 is 5.32 Å². The third kappa shape index (κ3) is 6.55. The normalized spacial score (nSPS) is 36.5. The molecule has 0 unspecified atom stereocenters. The van der Waals surface area contributed by atoms with E-state index in [0.29, 0.717) is 32.2 Å². The van der Waals surface area contributed by atoms with Gasteiger partial charge in [-0.1, -0.05) is 32.4 Å². The van der Waals surface area contributed by atoms with Gasteiger partial charge in [-0.2, -0.15) is 0 Å². The number of alkyl carbamates (subject to hydrolysis) is 1. The summed E-state index contributed by atoms with van der Waals surface area (Å²) in [7, 11) is 0. The van der Waals surface area contributed by atoms with E-state index in [1.807, 2.05) is 13.0 Å². The topological polar surface area (TPSA) is 148 Å². The van der Waals surface area contributed by atoms with Gasteiger partial charge >= 0.3 is 12.2 Å². The van der Waals surface area contributed by atoms with E-state index in [0.717, 1.165) is 12.0 Å². The number of ether oxygens (including phenoxy) is 3. The van der Waals surface area contributed by atoms with Crippen LogP contribution in [-0.2, 0) is 23.8 Å². The highest BCUT2D eigenvalue weighted by Gasteiger charge is 2.68. The summed E-state index contributed by atoms with van der Waals surface area (Å²) in [5.74, 6) is -0.520. The van der Waals surface area contributed by atoms with Crippen LogP contribution in [0.15, 0.2) is 23.8 Å². The minimum Gasteiger partial charge on any atom is -0.444 e. The molecule has 0 radical (unpaired) electrons. The van der Waals surface area contributed by atoms with Crippen LogP contribution in [0.5, 0.6) is 0 Å². The number of allylic oxidation sites excluding steroid dienone is 4. The molecule has 0 bridgehead atoms. The zero-order chi connectivity index (χ0) is 31.8. The molecule has 0 aliphatic heterocycles. The molecule has 43 heavy (non-hydrogen) atoms. The Morgan fingerprint density at radius 3 is 2.53 bits per heavy atom. The molecular formula is C33H49NO9. The number of rotatable bonds is 9. The molecule has 3 fully saturated rings. The molecule has 4 rings (SSSR count). The van der Waals surface area contributed by atoms with Crippen LogP contribution in [0.25, 0.3) is 0 Å². The van der Waals surface area contributed by atoms with E-state index in [-0.39, 0.29) is 48.9 Å². The highest BCUT2D eigenvalue weighted by atomic mass is 16.7. The summed E-state index contributed by atoms with van der Waals surface area (Å²) in [6.07, 6.45) is 6.85. The van der Waals surface area contributed by atoms with E-state index in [1.54, 1.807) is 32.9 Å². The number of aliphatic hydroxyl groups excluding tert-OH is 1. The van der Waals surface area contributed by atoms with Crippen molar-refractivity contribution in [3.8, 4) is 0 Å². The van der Waals surface area contributed by atoms with E-state index >= 15 is 0 Å². The smallest absolute Gasteiger partial charge is 0.444 e. The van der Waals surface area contributed by atoms with Crippen LogP contribution in [0.4, 0.5) is 9.59 Å². The van der Waals surface area contributed by atoms with E-state index in [9.17, 15) is 29.4 Å². The summed E-state index contributed by atoms with van der Waals surface area (Å²) in [4.78, 5) is 49.4. The van der Waals surface area contributed by atoms with Gasteiger partial charge in [-0.15, -0.1) is 0 Å². The predicted molar refractivity (Wildman–Crippen MR) is 158 cm³/mol. The van der Waals surface area contributed by atoms with E-state index in [2.05, 4.69) is 19.2 Å². The molecule has 3 saturated carbocycles. The molecule has 240 valence electrons. The molecule has 1 amide bonds. The van der Waals surface area contributed by atoms with Crippen LogP contribution in [0.3, 0.4) is 0 Å². The number of hydrogen-bond donors (Lipinski definition) is 3. The van der Waals surface area contributed by atoms with Gasteiger partial charge in [0.2, 0.25) is 5.78 Å². The lowest BCUT2D eigenvalue weighted by molar-refractivity contribution is -0.180. The summed E-state index contributed by atoms with van der Waals surface area (Å²) in [6, 6.07) is 0. The number of fused-ring (bicyclic) bond motifs is 5. The summed E-state index contributed by atoms with van der Waals surface area (Å²) >= 11 is 0. The fraction of sp³-hybridized carbons (Fsp3) is 0.758. The maximum atomic E-state index is 13.4. The standard InChI is InChI=1S/C33H49NO9/c1-20-16-22-23-11-13-33(40,32(23,6)18-25(36)27(22)31(5)12-10-21(35)17-24(20)31)26(37)19-42-29(39)41-15-9-7-8-14-34-28(38)43-30(2,3)4/h10,12,17,20,22-23,25,27,36,40H,7-9,11,13-16,18-19H2,1-6H3,(H,34,38)/t20-,22-,23-,25-,27+,31-,32-,33-/m0/s1. The monoisotopic (exact) mass is 603 g/mol. The van der Waals surface area contributed by atoms with Crippen molar-refractivity contribution < 1.29 is 43.6 Å². The van der Waals surface area contributed by atoms with Crippen molar-refractivity contribution in [1.29, 1.82) is 0 Å². The lowest BCUT2D eigenvalue weighted by atomic mass is 9.45. The van der Waals surface area contributed by atoms with Crippen molar-refractivity contribution in [1.82, 2.24) is 5.32 Å². The fourth-order valence-corrected chi connectivity index (χ4v) is 8.56. The SMILES string of the molecule is C[C@H]1C[C@@H]2[C@H]([C@@H](O)C[C@@]3(C)[C@H]2CC[C@]3(O)C(=O)COC(=O)OCCCCCNC(=O)OC(C)(C)C)[C@@]2(C)C=CC(=O)C=C12. The fourth-order valence-electron chi connectivity index (χ4n) is 8.56. The molecule has 0 spiro atoms. The van der Waals surface area contributed by atoms with Crippen LogP contribution in [0.1, 0.15) is 86.5 Å². The molecular weight excluding hydrogens is 554 g/mol. The van der Waals surface area contributed by atoms with Gasteiger partial charge in [-0.25, -0.2) is 9.59 Å². The van der Waals surface area contributed by atoms with Crippen LogP contribution >= 0.6 is 0 Å². The highest BCUT2D eigenvalue weighted by molar-refractivity contribution is 6.01. The second-order valence-electron chi connectivity index (χ2n) is 14.4. The Morgan fingerprint density at radius 2 is 1.84 bits per heavy atom. The number of unbranched alkanes of at least 4 members (excludes halogenated alkanes) is 2. The van der Waals surface area contributed by atoms with Gasteiger partial charge in [0.1, 0.15) is 11.2 Å². The lowest BCUT2D eigenvalue weighted by Gasteiger charge is -2.60. The van der Waals surface area contributed by atoms with E-state index < -0.39 is 52.8 Å². The van der Waals surface area contributed by atoms with Gasteiger partial charge in [-0.05, 0) is 95.6 Å². The molecule has 0 aromatic carbocycles. The Morgan fingerprint density at radius 1 is 1.12 bits per heavy atom. The summed E-state index contributed by atoms with van der Waals surface area (Å²) in [5.41, 5.74) is -2.57. The number of Topliss-reactive ketones (excluding diaryl/α,β-unsaturated/α-hetero) is 1. The Hall–Kier alpha value is -2.72. The number of hydrogen-bond acceptors (Lipinski definition) is 9. The second-order valence-corrected chi connectivity index (χ2v) is 14.4. The Kier molecular flexibility index (Phi) is 9.53. The molecule has 4 aliphatic carbocycles. The van der Waals surface area contributed by atoms with Crippen LogP contribution in [-0.4, -0.2) is 71.1 Å². The summed E-state index contributed by atoms with van der Waals surface area (Å²) in [6.45, 7) is 11.4.